The van der Waals surface area contributed by atoms with Gasteiger partial charge in [-0.05, 0) is 57.4 Å². The molecule has 2 fully saturated rings. The second-order valence-corrected chi connectivity index (χ2v) is 8.96. The van der Waals surface area contributed by atoms with E-state index in [2.05, 4.69) is 10.6 Å². The molecule has 2 N–H and O–H groups in total. The standard InChI is InChI=1S/C19H29N3O4S/c1-2-26-17-10-9-15(21-19(23)16-8-4-5-11-20-16)14-18(17)27(24,25)22-12-6-3-7-13-22/h9-10,14,16,20H,2-8,11-13H2,1H3,(H,21,23). The molecule has 0 radical (unpaired) electrons. The van der Waals surface area contributed by atoms with Gasteiger partial charge in [0, 0.05) is 18.8 Å². The number of anilines is 1. The largest absolute Gasteiger partial charge is 0.492 e. The number of hydrogen-bond acceptors (Lipinski definition) is 5. The Hall–Kier alpha value is -1.64. The molecule has 27 heavy (non-hydrogen) atoms. The van der Waals surface area contributed by atoms with E-state index in [1.165, 1.54) is 10.4 Å². The lowest BCUT2D eigenvalue weighted by Crippen LogP contribution is -2.43. The number of ether oxygens (including phenoxy) is 1. The zero-order chi connectivity index (χ0) is 19.3. The Morgan fingerprint density at radius 2 is 2.00 bits per heavy atom. The number of carbonyl (C=O) groups is 1. The first-order chi connectivity index (χ1) is 13.0. The highest BCUT2D eigenvalue weighted by Crippen LogP contribution is 2.31. The summed E-state index contributed by atoms with van der Waals surface area (Å²) in [5.74, 6) is 0.206. The topological polar surface area (TPSA) is 87.7 Å². The molecule has 7 nitrogen and oxygen atoms in total. The molecule has 1 aromatic rings. The van der Waals surface area contributed by atoms with Crippen molar-refractivity contribution in [1.82, 2.24) is 9.62 Å². The highest BCUT2D eigenvalue weighted by Gasteiger charge is 2.30. The maximum Gasteiger partial charge on any atom is 0.246 e. The molecule has 0 bridgehead atoms. The lowest BCUT2D eigenvalue weighted by atomic mass is 10.0. The molecule has 3 rings (SSSR count). The van der Waals surface area contributed by atoms with Gasteiger partial charge in [-0.25, -0.2) is 8.42 Å². The molecule has 2 aliphatic rings. The number of benzene rings is 1. The van der Waals surface area contributed by atoms with Crippen LogP contribution >= 0.6 is 0 Å². The number of sulfonamides is 1. The highest BCUT2D eigenvalue weighted by molar-refractivity contribution is 7.89. The van der Waals surface area contributed by atoms with Gasteiger partial charge in [-0.2, -0.15) is 4.31 Å². The van der Waals surface area contributed by atoms with Crippen LogP contribution in [0.3, 0.4) is 0 Å². The van der Waals surface area contributed by atoms with E-state index in [4.69, 9.17) is 4.74 Å². The van der Waals surface area contributed by atoms with E-state index in [1.54, 1.807) is 12.1 Å². The fourth-order valence-electron chi connectivity index (χ4n) is 3.61. The van der Waals surface area contributed by atoms with Gasteiger partial charge in [0.1, 0.15) is 10.6 Å². The lowest BCUT2D eigenvalue weighted by molar-refractivity contribution is -0.118. The van der Waals surface area contributed by atoms with Crippen molar-refractivity contribution in [2.75, 3.05) is 31.6 Å². The molecule has 2 saturated heterocycles. The summed E-state index contributed by atoms with van der Waals surface area (Å²) in [5.41, 5.74) is 0.478. The summed E-state index contributed by atoms with van der Waals surface area (Å²) in [6, 6.07) is 4.62. The Morgan fingerprint density at radius 1 is 1.22 bits per heavy atom. The van der Waals surface area contributed by atoms with Gasteiger partial charge >= 0.3 is 0 Å². The molecule has 1 unspecified atom stereocenters. The van der Waals surface area contributed by atoms with Crippen molar-refractivity contribution in [3.05, 3.63) is 18.2 Å². The fourth-order valence-corrected chi connectivity index (χ4v) is 5.29. The zero-order valence-corrected chi connectivity index (χ0v) is 16.7. The van der Waals surface area contributed by atoms with E-state index in [0.29, 0.717) is 31.1 Å². The Morgan fingerprint density at radius 3 is 2.67 bits per heavy atom. The number of carbonyl (C=O) groups excluding carboxylic acids is 1. The number of nitrogens with zero attached hydrogens (tertiary/aromatic N) is 1. The molecule has 0 spiro atoms. The average molecular weight is 396 g/mol. The third-order valence-corrected chi connectivity index (χ3v) is 6.99. The highest BCUT2D eigenvalue weighted by atomic mass is 32.2. The van der Waals surface area contributed by atoms with Gasteiger partial charge in [0.2, 0.25) is 15.9 Å². The zero-order valence-electron chi connectivity index (χ0n) is 15.9. The minimum Gasteiger partial charge on any atom is -0.492 e. The minimum atomic E-state index is -3.66. The van der Waals surface area contributed by atoms with Gasteiger partial charge in [0.15, 0.2) is 0 Å². The molecule has 2 heterocycles. The molecule has 8 heteroatoms. The third-order valence-electron chi connectivity index (χ3n) is 5.07. The molecule has 0 saturated carbocycles. The Bertz CT molecular complexity index is 754. The average Bonchev–Trinajstić information content (AvgIpc) is 2.70. The van der Waals surface area contributed by atoms with E-state index >= 15 is 0 Å². The summed E-state index contributed by atoms with van der Waals surface area (Å²) in [7, 11) is -3.66. The van der Waals surface area contributed by atoms with Crippen molar-refractivity contribution >= 4 is 21.6 Å². The van der Waals surface area contributed by atoms with Crippen molar-refractivity contribution in [2.45, 2.75) is 56.4 Å². The first-order valence-corrected chi connectivity index (χ1v) is 11.3. The third kappa shape index (κ3) is 4.80. The van der Waals surface area contributed by atoms with Crippen LogP contribution in [0.25, 0.3) is 0 Å². The quantitative estimate of drug-likeness (QED) is 0.772. The van der Waals surface area contributed by atoms with Gasteiger partial charge < -0.3 is 15.4 Å². The molecule has 0 aromatic heterocycles. The lowest BCUT2D eigenvalue weighted by Gasteiger charge is -2.27. The van der Waals surface area contributed by atoms with Crippen LogP contribution in [0.1, 0.15) is 45.4 Å². The van der Waals surface area contributed by atoms with E-state index in [9.17, 15) is 13.2 Å². The Labute approximate surface area is 161 Å². The van der Waals surface area contributed by atoms with Crippen LogP contribution in [-0.2, 0) is 14.8 Å². The second kappa shape index (κ2) is 9.03. The van der Waals surface area contributed by atoms with Crippen LogP contribution in [0, 0.1) is 0 Å². The monoisotopic (exact) mass is 395 g/mol. The minimum absolute atomic E-state index is 0.125. The smallest absolute Gasteiger partial charge is 0.246 e. The molecule has 150 valence electrons. The summed E-state index contributed by atoms with van der Waals surface area (Å²) in [6.07, 6.45) is 5.67. The first kappa shape index (κ1) is 20.1. The normalized spacial score (nSPS) is 21.6. The van der Waals surface area contributed by atoms with Crippen LogP contribution in [0.2, 0.25) is 0 Å². The second-order valence-electron chi connectivity index (χ2n) is 7.05. The van der Waals surface area contributed by atoms with Crippen LogP contribution in [0.15, 0.2) is 23.1 Å². The predicted molar refractivity (Wildman–Crippen MR) is 104 cm³/mol. The molecule has 1 aromatic carbocycles. The maximum absolute atomic E-state index is 13.1. The number of rotatable bonds is 6. The van der Waals surface area contributed by atoms with Crippen LogP contribution in [-0.4, -0.2) is 50.9 Å². The van der Waals surface area contributed by atoms with Gasteiger partial charge in [0.25, 0.3) is 0 Å². The summed E-state index contributed by atoms with van der Waals surface area (Å²) >= 11 is 0. The van der Waals surface area contributed by atoms with Gasteiger partial charge in [-0.3, -0.25) is 4.79 Å². The van der Waals surface area contributed by atoms with Gasteiger partial charge in [-0.15, -0.1) is 0 Å². The summed E-state index contributed by atoms with van der Waals surface area (Å²) in [4.78, 5) is 12.6. The van der Waals surface area contributed by atoms with Crippen LogP contribution < -0.4 is 15.4 Å². The van der Waals surface area contributed by atoms with E-state index < -0.39 is 10.0 Å². The van der Waals surface area contributed by atoms with Gasteiger partial charge in [-0.1, -0.05) is 12.8 Å². The van der Waals surface area contributed by atoms with Gasteiger partial charge in [0.05, 0.1) is 12.6 Å². The van der Waals surface area contributed by atoms with E-state index in [1.807, 2.05) is 6.92 Å². The van der Waals surface area contributed by atoms with Crippen molar-refractivity contribution in [1.29, 1.82) is 0 Å². The molecular weight excluding hydrogens is 366 g/mol. The number of nitrogens with one attached hydrogen (secondary N) is 2. The predicted octanol–water partition coefficient (Wildman–Crippen LogP) is 2.34. The molecular formula is C19H29N3O4S. The molecule has 2 aliphatic heterocycles. The molecule has 0 aliphatic carbocycles. The summed E-state index contributed by atoms with van der Waals surface area (Å²) in [6.45, 7) is 4.07. The Kier molecular flexibility index (Phi) is 6.73. The van der Waals surface area contributed by atoms with Crippen LogP contribution in [0.5, 0.6) is 5.75 Å². The first-order valence-electron chi connectivity index (χ1n) is 9.83. The van der Waals surface area contributed by atoms with E-state index in [0.717, 1.165) is 45.1 Å². The number of piperidine rings is 2. The molecule has 1 atom stereocenters. The van der Waals surface area contributed by atoms with Crippen molar-refractivity contribution < 1.29 is 17.9 Å². The fraction of sp³-hybridized carbons (Fsp3) is 0.632. The number of hydrogen-bond donors (Lipinski definition) is 2. The van der Waals surface area contributed by atoms with E-state index in [-0.39, 0.29) is 16.8 Å². The van der Waals surface area contributed by atoms with Crippen LogP contribution in [0.4, 0.5) is 5.69 Å². The summed E-state index contributed by atoms with van der Waals surface area (Å²) in [5, 5.41) is 6.06. The van der Waals surface area contributed by atoms with Crippen molar-refractivity contribution in [3.8, 4) is 5.75 Å². The van der Waals surface area contributed by atoms with Crippen molar-refractivity contribution in [3.63, 3.8) is 0 Å². The maximum atomic E-state index is 13.1. The Balaban J connectivity index is 1.84. The SMILES string of the molecule is CCOc1ccc(NC(=O)C2CCCCN2)cc1S(=O)(=O)N1CCCCC1. The number of amides is 1. The molecule has 1 amide bonds. The summed E-state index contributed by atoms with van der Waals surface area (Å²) < 4.78 is 33.4. The van der Waals surface area contributed by atoms with Crippen molar-refractivity contribution in [2.24, 2.45) is 0 Å².